The number of rotatable bonds is 9. The Balaban J connectivity index is 2.08. The number of unbranched alkanes of at least 4 members (excludes halogenated alkanes) is 1. The van der Waals surface area contributed by atoms with Gasteiger partial charge in [0.05, 0.1) is 25.7 Å². The molecule has 0 amide bonds. The van der Waals surface area contributed by atoms with Gasteiger partial charge in [-0.05, 0) is 30.7 Å². The molecule has 9 heteroatoms. The highest BCUT2D eigenvalue weighted by Crippen LogP contribution is 2.30. The number of ether oxygens (including phenoxy) is 2. The summed E-state index contributed by atoms with van der Waals surface area (Å²) in [6, 6.07) is 8.50. The van der Waals surface area contributed by atoms with E-state index >= 15 is 0 Å². The van der Waals surface area contributed by atoms with Crippen molar-refractivity contribution in [3.8, 4) is 11.5 Å². The number of anilines is 3. The van der Waals surface area contributed by atoms with Crippen LogP contribution in [0.2, 0.25) is 0 Å². The van der Waals surface area contributed by atoms with Gasteiger partial charge in [0.2, 0.25) is 10.0 Å². The average Bonchev–Trinajstić information content (AvgIpc) is 2.61. The summed E-state index contributed by atoms with van der Waals surface area (Å²) in [5.41, 5.74) is 0.689. The van der Waals surface area contributed by atoms with Crippen LogP contribution >= 0.6 is 0 Å². The van der Waals surface area contributed by atoms with E-state index in [0.717, 1.165) is 6.42 Å². The lowest BCUT2D eigenvalue weighted by Gasteiger charge is -2.12. The number of sulfonamides is 1. The van der Waals surface area contributed by atoms with E-state index in [1.165, 1.54) is 0 Å². The van der Waals surface area contributed by atoms with Crippen LogP contribution in [-0.4, -0.2) is 38.6 Å². The zero-order chi connectivity index (χ0) is 18.3. The number of aromatic nitrogens is 2. The Morgan fingerprint density at radius 3 is 2.36 bits per heavy atom. The van der Waals surface area contributed by atoms with E-state index in [4.69, 9.17) is 9.47 Å². The van der Waals surface area contributed by atoms with Crippen molar-refractivity contribution in [2.24, 2.45) is 0 Å². The molecule has 1 aromatic heterocycles. The van der Waals surface area contributed by atoms with E-state index in [2.05, 4.69) is 20.2 Å². The summed E-state index contributed by atoms with van der Waals surface area (Å²) in [5.74, 6) is 1.97. The molecule has 8 nitrogen and oxygen atoms in total. The minimum atomic E-state index is -3.39. The van der Waals surface area contributed by atoms with Gasteiger partial charge >= 0.3 is 0 Å². The molecule has 0 saturated carbocycles. The van der Waals surface area contributed by atoms with Gasteiger partial charge in [-0.3, -0.25) is 4.72 Å². The summed E-state index contributed by atoms with van der Waals surface area (Å²) in [7, 11) is -0.261. The molecule has 0 spiro atoms. The third kappa shape index (κ3) is 5.49. The SMILES string of the molecule is CCCCS(=O)(=O)Nc1ccc(Nc2ccc(OC)cc2OC)nn1. The largest absolute Gasteiger partial charge is 0.497 e. The number of methoxy groups -OCH3 is 2. The van der Waals surface area contributed by atoms with Gasteiger partial charge in [0, 0.05) is 6.07 Å². The van der Waals surface area contributed by atoms with Gasteiger partial charge in [-0.1, -0.05) is 13.3 Å². The first-order valence-electron chi connectivity index (χ1n) is 7.80. The Morgan fingerprint density at radius 1 is 1.04 bits per heavy atom. The smallest absolute Gasteiger partial charge is 0.233 e. The Kier molecular flexibility index (Phi) is 6.40. The summed E-state index contributed by atoms with van der Waals surface area (Å²) in [5, 5.41) is 10.9. The van der Waals surface area contributed by atoms with Gasteiger partial charge in [-0.2, -0.15) is 0 Å². The van der Waals surface area contributed by atoms with Crippen molar-refractivity contribution in [2.75, 3.05) is 30.0 Å². The molecule has 2 aromatic rings. The van der Waals surface area contributed by atoms with Crippen LogP contribution in [0, 0.1) is 0 Å². The summed E-state index contributed by atoms with van der Waals surface area (Å²) < 4.78 is 36.6. The van der Waals surface area contributed by atoms with Crippen molar-refractivity contribution in [1.82, 2.24) is 10.2 Å². The second-order valence-corrected chi connectivity index (χ2v) is 7.11. The highest BCUT2D eigenvalue weighted by Gasteiger charge is 2.11. The van der Waals surface area contributed by atoms with Gasteiger partial charge in [-0.25, -0.2) is 8.42 Å². The van der Waals surface area contributed by atoms with Crippen LogP contribution in [0.5, 0.6) is 11.5 Å². The molecule has 0 fully saturated rings. The van der Waals surface area contributed by atoms with Crippen LogP contribution in [0.1, 0.15) is 19.8 Å². The van der Waals surface area contributed by atoms with E-state index in [-0.39, 0.29) is 11.6 Å². The van der Waals surface area contributed by atoms with Crippen LogP contribution in [0.25, 0.3) is 0 Å². The lowest BCUT2D eigenvalue weighted by Crippen LogP contribution is -2.17. The third-order valence-corrected chi connectivity index (χ3v) is 4.71. The van der Waals surface area contributed by atoms with E-state index in [1.807, 2.05) is 6.92 Å². The maximum absolute atomic E-state index is 11.9. The van der Waals surface area contributed by atoms with Crippen LogP contribution in [0.4, 0.5) is 17.3 Å². The highest BCUT2D eigenvalue weighted by atomic mass is 32.2. The molecule has 0 radical (unpaired) electrons. The van der Waals surface area contributed by atoms with Crippen molar-refractivity contribution in [2.45, 2.75) is 19.8 Å². The Hall–Kier alpha value is -2.55. The minimum absolute atomic E-state index is 0.0637. The average molecular weight is 366 g/mol. The Morgan fingerprint density at radius 2 is 1.76 bits per heavy atom. The van der Waals surface area contributed by atoms with Gasteiger partial charge in [-0.15, -0.1) is 10.2 Å². The first-order chi connectivity index (χ1) is 12.0. The lowest BCUT2D eigenvalue weighted by atomic mass is 10.2. The standard InChI is InChI=1S/C16H22N4O4S/c1-4-5-10-25(21,22)20-16-9-8-15(18-19-16)17-13-7-6-12(23-2)11-14(13)24-3/h6-9,11H,4-5,10H2,1-3H3,(H,17,18)(H,19,20). The van der Waals surface area contributed by atoms with E-state index in [0.29, 0.717) is 29.4 Å². The molecule has 25 heavy (non-hydrogen) atoms. The van der Waals surface area contributed by atoms with Crippen molar-refractivity contribution < 1.29 is 17.9 Å². The summed E-state index contributed by atoms with van der Waals surface area (Å²) in [6.45, 7) is 1.93. The third-order valence-electron chi connectivity index (χ3n) is 3.36. The fourth-order valence-corrected chi connectivity index (χ4v) is 3.24. The predicted octanol–water partition coefficient (Wildman–Crippen LogP) is 2.78. The molecule has 1 aromatic carbocycles. The summed E-state index contributed by atoms with van der Waals surface area (Å²) in [4.78, 5) is 0. The van der Waals surface area contributed by atoms with Crippen molar-refractivity contribution in [1.29, 1.82) is 0 Å². The molecule has 0 saturated heterocycles. The minimum Gasteiger partial charge on any atom is -0.497 e. The topological polar surface area (TPSA) is 102 Å². The normalized spacial score (nSPS) is 11.0. The maximum atomic E-state index is 11.9. The van der Waals surface area contributed by atoms with Gasteiger partial charge in [0.1, 0.15) is 11.5 Å². The summed E-state index contributed by atoms with van der Waals surface area (Å²) >= 11 is 0. The number of nitrogens with one attached hydrogen (secondary N) is 2. The van der Waals surface area contributed by atoms with Crippen molar-refractivity contribution in [3.63, 3.8) is 0 Å². The zero-order valence-electron chi connectivity index (χ0n) is 14.4. The quantitative estimate of drug-likeness (QED) is 0.703. The number of benzene rings is 1. The highest BCUT2D eigenvalue weighted by molar-refractivity contribution is 7.92. The van der Waals surface area contributed by atoms with E-state index in [1.54, 1.807) is 44.6 Å². The fraction of sp³-hybridized carbons (Fsp3) is 0.375. The molecular formula is C16H22N4O4S. The monoisotopic (exact) mass is 366 g/mol. The molecule has 0 unspecified atom stereocenters. The molecule has 136 valence electrons. The molecule has 2 N–H and O–H groups in total. The maximum Gasteiger partial charge on any atom is 0.233 e. The molecule has 0 aliphatic rings. The number of hydrogen-bond donors (Lipinski definition) is 2. The van der Waals surface area contributed by atoms with E-state index in [9.17, 15) is 8.42 Å². The van der Waals surface area contributed by atoms with Gasteiger partial charge in [0.15, 0.2) is 11.6 Å². The first-order valence-corrected chi connectivity index (χ1v) is 9.46. The zero-order valence-corrected chi connectivity index (χ0v) is 15.3. The first kappa shape index (κ1) is 18.8. The fourth-order valence-electron chi connectivity index (χ4n) is 2.04. The molecular weight excluding hydrogens is 344 g/mol. The number of hydrogen-bond acceptors (Lipinski definition) is 7. The van der Waals surface area contributed by atoms with Crippen LogP contribution < -0.4 is 19.5 Å². The molecule has 0 bridgehead atoms. The van der Waals surface area contributed by atoms with E-state index < -0.39 is 10.0 Å². The Bertz CT molecular complexity index is 794. The predicted molar refractivity (Wildman–Crippen MR) is 97.2 cm³/mol. The second-order valence-electron chi connectivity index (χ2n) is 5.27. The van der Waals surface area contributed by atoms with Crippen LogP contribution in [-0.2, 0) is 10.0 Å². The lowest BCUT2D eigenvalue weighted by molar-refractivity contribution is 0.395. The molecule has 0 atom stereocenters. The number of nitrogens with zero attached hydrogens (tertiary/aromatic N) is 2. The Labute approximate surface area is 147 Å². The molecule has 0 aliphatic heterocycles. The second kappa shape index (κ2) is 8.52. The van der Waals surface area contributed by atoms with Crippen LogP contribution in [0.15, 0.2) is 30.3 Å². The molecule has 1 heterocycles. The molecule has 2 rings (SSSR count). The summed E-state index contributed by atoms with van der Waals surface area (Å²) in [6.07, 6.45) is 1.40. The molecule has 0 aliphatic carbocycles. The van der Waals surface area contributed by atoms with Crippen molar-refractivity contribution in [3.05, 3.63) is 30.3 Å². The van der Waals surface area contributed by atoms with Crippen LogP contribution in [0.3, 0.4) is 0 Å². The van der Waals surface area contributed by atoms with Gasteiger partial charge in [0.25, 0.3) is 0 Å². The van der Waals surface area contributed by atoms with Gasteiger partial charge < -0.3 is 14.8 Å². The van der Waals surface area contributed by atoms with Crippen molar-refractivity contribution >= 4 is 27.3 Å².